The minimum Gasteiger partial charge on any atom is -0.349 e. The molecule has 134 valence electrons. The Morgan fingerprint density at radius 3 is 2.85 bits per heavy atom. The molecule has 0 bridgehead atoms. The molecule has 0 radical (unpaired) electrons. The van der Waals surface area contributed by atoms with Crippen LogP contribution in [0.15, 0.2) is 30.5 Å². The van der Waals surface area contributed by atoms with Gasteiger partial charge in [-0.2, -0.15) is 0 Å². The fourth-order valence-electron chi connectivity index (χ4n) is 4.20. The quantitative estimate of drug-likeness (QED) is 0.870. The fraction of sp³-hybridized carbons (Fsp3) is 0.450. The van der Waals surface area contributed by atoms with Gasteiger partial charge < -0.3 is 10.6 Å². The second-order valence-electron chi connectivity index (χ2n) is 7.58. The van der Waals surface area contributed by atoms with Gasteiger partial charge in [0.1, 0.15) is 0 Å². The molecule has 1 aliphatic heterocycles. The molecule has 1 amide bonds. The van der Waals surface area contributed by atoms with E-state index in [-0.39, 0.29) is 11.9 Å². The summed E-state index contributed by atoms with van der Waals surface area (Å²) >= 11 is 6.29. The first kappa shape index (κ1) is 16.2. The summed E-state index contributed by atoms with van der Waals surface area (Å²) in [4.78, 5) is 22.1. The van der Waals surface area contributed by atoms with Crippen molar-refractivity contribution in [1.82, 2.24) is 20.6 Å². The lowest BCUT2D eigenvalue weighted by atomic mass is 9.75. The van der Waals surface area contributed by atoms with Gasteiger partial charge >= 0.3 is 0 Å². The number of fused-ring (bicyclic) bond motifs is 1. The number of nitrogens with one attached hydrogen (secondary N) is 2. The molecule has 2 N–H and O–H groups in total. The van der Waals surface area contributed by atoms with Gasteiger partial charge in [-0.25, -0.2) is 9.97 Å². The van der Waals surface area contributed by atoms with Crippen LogP contribution in [0.1, 0.15) is 47.7 Å². The first-order chi connectivity index (χ1) is 12.7. The Kier molecular flexibility index (Phi) is 3.94. The fourth-order valence-corrected chi connectivity index (χ4v) is 4.42. The molecule has 3 fully saturated rings. The molecule has 2 heterocycles. The third-order valence-corrected chi connectivity index (χ3v) is 6.21. The van der Waals surface area contributed by atoms with E-state index in [1.165, 1.54) is 0 Å². The molecule has 5 nitrogen and oxygen atoms in total. The number of hydrogen-bond acceptors (Lipinski definition) is 4. The van der Waals surface area contributed by atoms with E-state index in [1.807, 2.05) is 24.3 Å². The third-order valence-electron chi connectivity index (χ3n) is 5.88. The molecule has 1 aromatic carbocycles. The van der Waals surface area contributed by atoms with Gasteiger partial charge in [-0.15, -0.1) is 0 Å². The first-order valence-electron chi connectivity index (χ1n) is 9.37. The highest BCUT2D eigenvalue weighted by Gasteiger charge is 2.44. The average molecular weight is 369 g/mol. The number of rotatable bonds is 4. The van der Waals surface area contributed by atoms with Crippen molar-refractivity contribution in [2.45, 2.75) is 43.7 Å². The van der Waals surface area contributed by atoms with Crippen molar-refractivity contribution in [1.29, 1.82) is 0 Å². The van der Waals surface area contributed by atoms with E-state index < -0.39 is 0 Å². The molecule has 2 aliphatic carbocycles. The summed E-state index contributed by atoms with van der Waals surface area (Å²) in [6, 6.07) is 8.42. The van der Waals surface area contributed by atoms with Crippen molar-refractivity contribution in [3.63, 3.8) is 0 Å². The molecule has 2 saturated carbocycles. The maximum absolute atomic E-state index is 12.9. The summed E-state index contributed by atoms with van der Waals surface area (Å²) in [5, 5.41) is 7.32. The Labute approximate surface area is 157 Å². The Morgan fingerprint density at radius 1 is 1.23 bits per heavy atom. The summed E-state index contributed by atoms with van der Waals surface area (Å²) in [5.41, 5.74) is 2.30. The second kappa shape index (κ2) is 6.32. The Morgan fingerprint density at radius 2 is 2.08 bits per heavy atom. The monoisotopic (exact) mass is 368 g/mol. The van der Waals surface area contributed by atoms with Crippen LogP contribution in [0.5, 0.6) is 0 Å². The van der Waals surface area contributed by atoms with Crippen LogP contribution in [0.3, 0.4) is 0 Å². The number of hydrogen-bond donors (Lipinski definition) is 2. The zero-order valence-corrected chi connectivity index (χ0v) is 15.2. The van der Waals surface area contributed by atoms with Gasteiger partial charge in [-0.3, -0.25) is 4.79 Å². The van der Waals surface area contributed by atoms with Crippen LogP contribution in [-0.2, 0) is 0 Å². The highest BCUT2D eigenvalue weighted by atomic mass is 35.5. The molecule has 6 heteroatoms. The molecule has 3 aliphatic rings. The summed E-state index contributed by atoms with van der Waals surface area (Å²) in [7, 11) is 0. The predicted molar refractivity (Wildman–Crippen MR) is 100 cm³/mol. The smallest absolute Gasteiger partial charge is 0.254 e. The number of carbonyl (C=O) groups excluding carboxylic acids is 1. The number of aromatic nitrogens is 2. The number of benzene rings is 1. The zero-order valence-electron chi connectivity index (χ0n) is 14.4. The third kappa shape index (κ3) is 2.79. The van der Waals surface area contributed by atoms with Crippen LogP contribution < -0.4 is 10.6 Å². The molecule has 3 atom stereocenters. The van der Waals surface area contributed by atoms with E-state index in [1.54, 1.807) is 6.20 Å². The van der Waals surface area contributed by atoms with Crippen LogP contribution in [0.4, 0.5) is 0 Å². The van der Waals surface area contributed by atoms with Crippen molar-refractivity contribution < 1.29 is 4.79 Å². The SMILES string of the molecule is O=C(N[C@@H]1C[C@@H]2NCC[C@@H]21)c1cnc(-c2ccccc2Cl)nc1C1CC1. The average Bonchev–Trinajstić information content (AvgIpc) is 3.42. The van der Waals surface area contributed by atoms with Crippen LogP contribution in [0.2, 0.25) is 5.02 Å². The Balaban J connectivity index is 1.42. The van der Waals surface area contributed by atoms with Crippen molar-refractivity contribution in [2.75, 3.05) is 6.54 Å². The first-order valence-corrected chi connectivity index (χ1v) is 9.74. The maximum atomic E-state index is 12.9. The number of halogens is 1. The molecular formula is C20H21ClN4O. The van der Waals surface area contributed by atoms with Crippen molar-refractivity contribution in [2.24, 2.45) is 5.92 Å². The molecule has 1 aromatic heterocycles. The van der Waals surface area contributed by atoms with Gasteiger partial charge in [0.2, 0.25) is 0 Å². The lowest BCUT2D eigenvalue weighted by Gasteiger charge is -2.40. The van der Waals surface area contributed by atoms with Crippen molar-refractivity contribution >= 4 is 17.5 Å². The molecule has 1 saturated heterocycles. The van der Waals surface area contributed by atoms with E-state index in [9.17, 15) is 4.79 Å². The lowest BCUT2D eigenvalue weighted by Crippen LogP contribution is -2.56. The number of nitrogens with zero attached hydrogens (tertiary/aromatic N) is 2. The minimum atomic E-state index is -0.0343. The maximum Gasteiger partial charge on any atom is 0.254 e. The van der Waals surface area contributed by atoms with Crippen LogP contribution >= 0.6 is 11.6 Å². The summed E-state index contributed by atoms with van der Waals surface area (Å²) in [6.45, 7) is 1.06. The van der Waals surface area contributed by atoms with Crippen molar-refractivity contribution in [3.8, 4) is 11.4 Å². The summed E-state index contributed by atoms with van der Waals surface area (Å²) in [5.74, 6) is 1.50. The van der Waals surface area contributed by atoms with Crippen molar-refractivity contribution in [3.05, 3.63) is 46.7 Å². The molecule has 5 rings (SSSR count). The van der Waals surface area contributed by atoms with Gasteiger partial charge in [-0.1, -0.05) is 23.7 Å². The predicted octanol–water partition coefficient (Wildman–Crippen LogP) is 3.15. The van der Waals surface area contributed by atoms with Crippen LogP contribution in [-0.4, -0.2) is 34.5 Å². The minimum absolute atomic E-state index is 0.0343. The number of carbonyl (C=O) groups is 1. The normalized spacial score (nSPS) is 26.9. The van der Waals surface area contributed by atoms with Crippen LogP contribution in [0.25, 0.3) is 11.4 Å². The molecule has 0 spiro atoms. The summed E-state index contributed by atoms with van der Waals surface area (Å²) < 4.78 is 0. The van der Waals surface area contributed by atoms with E-state index in [0.717, 1.165) is 43.5 Å². The highest BCUT2D eigenvalue weighted by Crippen LogP contribution is 2.42. The van der Waals surface area contributed by atoms with Gasteiger partial charge in [0.15, 0.2) is 5.82 Å². The Bertz CT molecular complexity index is 867. The Hall–Kier alpha value is -1.98. The van der Waals surface area contributed by atoms with E-state index in [2.05, 4.69) is 15.6 Å². The standard InChI is InChI=1S/C20H21ClN4O/c21-15-4-2-1-3-12(15)19-23-10-14(18(25-19)11-5-6-11)20(26)24-17-9-16-13(17)7-8-22-16/h1-4,10-11,13,16-17,22H,5-9H2,(H,24,26)/t13-,16-,17+/m0/s1. The van der Waals surface area contributed by atoms with E-state index >= 15 is 0 Å². The molecule has 26 heavy (non-hydrogen) atoms. The topological polar surface area (TPSA) is 66.9 Å². The molecular weight excluding hydrogens is 348 g/mol. The van der Waals surface area contributed by atoms with Gasteiger partial charge in [0.25, 0.3) is 5.91 Å². The zero-order chi connectivity index (χ0) is 17.7. The highest BCUT2D eigenvalue weighted by molar-refractivity contribution is 6.33. The van der Waals surface area contributed by atoms with Gasteiger partial charge in [-0.05, 0) is 50.3 Å². The van der Waals surface area contributed by atoms with Crippen LogP contribution in [0, 0.1) is 5.92 Å². The summed E-state index contributed by atoms with van der Waals surface area (Å²) in [6.07, 6.45) is 6.01. The van der Waals surface area contributed by atoms with E-state index in [0.29, 0.717) is 34.3 Å². The molecule has 2 aromatic rings. The van der Waals surface area contributed by atoms with Gasteiger partial charge in [0.05, 0.1) is 16.3 Å². The van der Waals surface area contributed by atoms with E-state index in [4.69, 9.17) is 16.6 Å². The van der Waals surface area contributed by atoms with Gasteiger partial charge in [0, 0.05) is 29.8 Å². The number of amides is 1. The second-order valence-corrected chi connectivity index (χ2v) is 7.98. The largest absolute Gasteiger partial charge is 0.349 e. The lowest BCUT2D eigenvalue weighted by molar-refractivity contribution is 0.0858. The molecule has 0 unspecified atom stereocenters.